The number of hydrogen-bond donors (Lipinski definition) is 1. The Labute approximate surface area is 178 Å². The third kappa shape index (κ3) is 4.73. The SMILES string of the molecule is Cc1ccc(N2CCC(CNC(=O)c3ccc(Cn4nc(C)cc4C)cc3)C2)cc1. The van der Waals surface area contributed by atoms with Gasteiger partial charge in [-0.2, -0.15) is 5.10 Å². The van der Waals surface area contributed by atoms with E-state index in [4.69, 9.17) is 0 Å². The first-order valence-electron chi connectivity index (χ1n) is 10.7. The Balaban J connectivity index is 1.28. The molecule has 1 amide bonds. The fraction of sp³-hybridized carbons (Fsp3) is 0.360. The first kappa shape index (κ1) is 20.2. The van der Waals surface area contributed by atoms with Gasteiger partial charge in [0.05, 0.1) is 12.2 Å². The van der Waals surface area contributed by atoms with E-state index in [-0.39, 0.29) is 5.91 Å². The third-order valence-corrected chi connectivity index (χ3v) is 5.89. The van der Waals surface area contributed by atoms with E-state index in [1.807, 2.05) is 35.9 Å². The zero-order valence-electron chi connectivity index (χ0n) is 18.1. The van der Waals surface area contributed by atoms with Crippen LogP contribution in [0.25, 0.3) is 0 Å². The van der Waals surface area contributed by atoms with E-state index in [9.17, 15) is 4.79 Å². The summed E-state index contributed by atoms with van der Waals surface area (Å²) >= 11 is 0. The molecule has 1 aromatic heterocycles. The number of carbonyl (C=O) groups is 1. The van der Waals surface area contributed by atoms with Crippen LogP contribution in [0.4, 0.5) is 5.69 Å². The number of carbonyl (C=O) groups excluding carboxylic acids is 1. The molecule has 1 saturated heterocycles. The number of aromatic nitrogens is 2. The van der Waals surface area contributed by atoms with Gasteiger partial charge >= 0.3 is 0 Å². The van der Waals surface area contributed by atoms with Gasteiger partial charge in [0.1, 0.15) is 0 Å². The summed E-state index contributed by atoms with van der Waals surface area (Å²) in [6.07, 6.45) is 1.11. The lowest BCUT2D eigenvalue weighted by Crippen LogP contribution is -2.31. The minimum atomic E-state index is 0.00134. The summed E-state index contributed by atoms with van der Waals surface area (Å²) in [5, 5.41) is 7.62. The predicted molar refractivity (Wildman–Crippen MR) is 121 cm³/mol. The number of rotatable bonds is 6. The van der Waals surface area contributed by atoms with Crippen molar-refractivity contribution < 1.29 is 4.79 Å². The van der Waals surface area contributed by atoms with E-state index in [0.29, 0.717) is 18.0 Å². The zero-order chi connectivity index (χ0) is 21.1. The summed E-state index contributed by atoms with van der Waals surface area (Å²) in [6.45, 7) is 9.65. The molecule has 1 N–H and O–H groups in total. The first-order valence-corrected chi connectivity index (χ1v) is 10.7. The summed E-state index contributed by atoms with van der Waals surface area (Å²) < 4.78 is 1.99. The Morgan fingerprint density at radius 1 is 1.07 bits per heavy atom. The minimum Gasteiger partial charge on any atom is -0.371 e. The van der Waals surface area contributed by atoms with Crippen molar-refractivity contribution in [2.24, 2.45) is 5.92 Å². The van der Waals surface area contributed by atoms with E-state index in [1.165, 1.54) is 11.3 Å². The van der Waals surface area contributed by atoms with Crippen molar-refractivity contribution in [3.05, 3.63) is 82.7 Å². The van der Waals surface area contributed by atoms with Crippen molar-refractivity contribution in [3.63, 3.8) is 0 Å². The van der Waals surface area contributed by atoms with Crippen molar-refractivity contribution in [1.29, 1.82) is 0 Å². The molecule has 5 heteroatoms. The smallest absolute Gasteiger partial charge is 0.251 e. The number of benzene rings is 2. The number of amides is 1. The van der Waals surface area contributed by atoms with E-state index >= 15 is 0 Å². The Hall–Kier alpha value is -3.08. The van der Waals surface area contributed by atoms with Crippen molar-refractivity contribution in [1.82, 2.24) is 15.1 Å². The number of anilines is 1. The average Bonchev–Trinajstić information content (AvgIpc) is 3.33. The van der Waals surface area contributed by atoms with E-state index in [0.717, 1.165) is 43.0 Å². The molecule has 1 fully saturated rings. The van der Waals surface area contributed by atoms with Crippen LogP contribution in [0.2, 0.25) is 0 Å². The second-order valence-electron chi connectivity index (χ2n) is 8.43. The summed E-state index contributed by atoms with van der Waals surface area (Å²) in [5.41, 5.74) is 6.57. The maximum atomic E-state index is 12.6. The average molecular weight is 403 g/mol. The molecule has 1 aliphatic heterocycles. The second kappa shape index (κ2) is 8.74. The summed E-state index contributed by atoms with van der Waals surface area (Å²) in [7, 11) is 0. The molecule has 2 aromatic carbocycles. The van der Waals surface area contributed by atoms with Crippen LogP contribution in [0.15, 0.2) is 54.6 Å². The molecule has 5 nitrogen and oxygen atoms in total. The Bertz CT molecular complexity index is 1000. The summed E-state index contributed by atoms with van der Waals surface area (Å²) in [4.78, 5) is 15.0. The van der Waals surface area contributed by atoms with Gasteiger partial charge < -0.3 is 10.2 Å². The standard InChI is InChI=1S/C25H30N4O/c1-18-4-10-24(11-5-18)28-13-12-22(16-28)15-26-25(30)23-8-6-21(7-9-23)17-29-20(3)14-19(2)27-29/h4-11,14,22H,12-13,15-17H2,1-3H3,(H,26,30). The monoisotopic (exact) mass is 402 g/mol. The van der Waals surface area contributed by atoms with Gasteiger partial charge in [0, 0.05) is 36.6 Å². The highest BCUT2D eigenvalue weighted by Crippen LogP contribution is 2.23. The minimum absolute atomic E-state index is 0.00134. The molecule has 156 valence electrons. The van der Waals surface area contributed by atoms with Gasteiger partial charge in [-0.15, -0.1) is 0 Å². The van der Waals surface area contributed by atoms with Crippen LogP contribution in [0.5, 0.6) is 0 Å². The molecule has 1 aliphatic rings. The molecular weight excluding hydrogens is 372 g/mol. The molecule has 0 bridgehead atoms. The quantitative estimate of drug-likeness (QED) is 0.675. The van der Waals surface area contributed by atoms with E-state index in [2.05, 4.69) is 59.5 Å². The normalized spacial score (nSPS) is 16.1. The van der Waals surface area contributed by atoms with Crippen molar-refractivity contribution in [3.8, 4) is 0 Å². The summed E-state index contributed by atoms with van der Waals surface area (Å²) in [5.74, 6) is 0.488. The van der Waals surface area contributed by atoms with Gasteiger partial charge in [-0.3, -0.25) is 9.48 Å². The van der Waals surface area contributed by atoms with Crippen LogP contribution in [-0.2, 0) is 6.54 Å². The van der Waals surface area contributed by atoms with Gasteiger partial charge in [-0.05, 0) is 69.0 Å². The van der Waals surface area contributed by atoms with E-state index in [1.54, 1.807) is 0 Å². The largest absolute Gasteiger partial charge is 0.371 e. The second-order valence-corrected chi connectivity index (χ2v) is 8.43. The topological polar surface area (TPSA) is 50.2 Å². The van der Waals surface area contributed by atoms with E-state index < -0.39 is 0 Å². The van der Waals surface area contributed by atoms with Crippen LogP contribution in [0, 0.1) is 26.7 Å². The van der Waals surface area contributed by atoms with Crippen molar-refractivity contribution in [2.45, 2.75) is 33.7 Å². The number of nitrogens with zero attached hydrogens (tertiary/aromatic N) is 3. The Kier molecular flexibility index (Phi) is 5.88. The zero-order valence-corrected chi connectivity index (χ0v) is 18.1. The maximum Gasteiger partial charge on any atom is 0.251 e. The summed E-state index contributed by atoms with van der Waals surface area (Å²) in [6, 6.07) is 18.6. The molecule has 1 atom stereocenters. The first-order chi connectivity index (χ1) is 14.5. The Morgan fingerprint density at radius 2 is 1.80 bits per heavy atom. The van der Waals surface area contributed by atoms with Crippen molar-refractivity contribution in [2.75, 3.05) is 24.5 Å². The highest BCUT2D eigenvalue weighted by molar-refractivity contribution is 5.94. The number of hydrogen-bond acceptors (Lipinski definition) is 3. The van der Waals surface area contributed by atoms with Crippen LogP contribution in [0.1, 0.15) is 39.3 Å². The number of aryl methyl sites for hydroxylation is 3. The molecule has 2 heterocycles. The molecule has 0 radical (unpaired) electrons. The molecule has 3 aromatic rings. The fourth-order valence-corrected chi connectivity index (χ4v) is 4.10. The highest BCUT2D eigenvalue weighted by atomic mass is 16.1. The van der Waals surface area contributed by atoms with Crippen LogP contribution in [-0.4, -0.2) is 35.3 Å². The third-order valence-electron chi connectivity index (χ3n) is 5.89. The van der Waals surface area contributed by atoms with Gasteiger partial charge in [0.25, 0.3) is 5.91 Å². The van der Waals surface area contributed by atoms with Gasteiger partial charge in [0.2, 0.25) is 0 Å². The highest BCUT2D eigenvalue weighted by Gasteiger charge is 2.23. The molecule has 1 unspecified atom stereocenters. The maximum absolute atomic E-state index is 12.6. The lowest BCUT2D eigenvalue weighted by atomic mass is 10.1. The lowest BCUT2D eigenvalue weighted by molar-refractivity contribution is 0.0948. The fourth-order valence-electron chi connectivity index (χ4n) is 4.10. The van der Waals surface area contributed by atoms with Crippen LogP contribution in [0.3, 0.4) is 0 Å². The molecule has 0 spiro atoms. The van der Waals surface area contributed by atoms with Gasteiger partial charge in [-0.25, -0.2) is 0 Å². The number of nitrogens with one attached hydrogen (secondary N) is 1. The van der Waals surface area contributed by atoms with Gasteiger partial charge in [-0.1, -0.05) is 29.8 Å². The molecule has 4 rings (SSSR count). The van der Waals surface area contributed by atoms with Gasteiger partial charge in [0.15, 0.2) is 0 Å². The molecule has 0 saturated carbocycles. The van der Waals surface area contributed by atoms with Crippen LogP contribution < -0.4 is 10.2 Å². The molecule has 30 heavy (non-hydrogen) atoms. The van der Waals surface area contributed by atoms with Crippen molar-refractivity contribution >= 4 is 11.6 Å². The predicted octanol–water partition coefficient (Wildman–Crippen LogP) is 4.11. The van der Waals surface area contributed by atoms with Crippen LogP contribution >= 0.6 is 0 Å². The Morgan fingerprint density at radius 3 is 2.47 bits per heavy atom. The lowest BCUT2D eigenvalue weighted by Gasteiger charge is -2.19. The molecular formula is C25H30N4O. The molecule has 0 aliphatic carbocycles.